The summed E-state index contributed by atoms with van der Waals surface area (Å²) in [5, 5.41) is 0. The third-order valence-electron chi connectivity index (χ3n) is 10.9. The quantitative estimate of drug-likeness (QED) is 0.335. The lowest BCUT2D eigenvalue weighted by molar-refractivity contribution is -0.143. The van der Waals surface area contributed by atoms with Crippen LogP contribution in [-0.2, 0) is 27.3 Å². The smallest absolute Gasteiger partial charge is 0.381 e. The summed E-state index contributed by atoms with van der Waals surface area (Å²) in [6, 6.07) is 11.9. The van der Waals surface area contributed by atoms with E-state index in [-0.39, 0.29) is 23.8 Å². The van der Waals surface area contributed by atoms with Crippen LogP contribution in [0, 0.1) is 11.3 Å². The second-order valence-electron chi connectivity index (χ2n) is 13.0. The summed E-state index contributed by atoms with van der Waals surface area (Å²) >= 11 is 0. The highest BCUT2D eigenvalue weighted by atomic mass is 19.4. The third-order valence-corrected chi connectivity index (χ3v) is 10.9. The average Bonchev–Trinajstić information content (AvgIpc) is 3.59. The van der Waals surface area contributed by atoms with Crippen molar-refractivity contribution in [1.82, 2.24) is 4.90 Å². The number of alkyl halides is 6. The number of likely N-dealkylation sites (tertiary alicyclic amines) is 1. The number of ketones is 1. The summed E-state index contributed by atoms with van der Waals surface area (Å²) in [4.78, 5) is 16.6. The number of ether oxygens (including phenoxy) is 1. The van der Waals surface area contributed by atoms with Crippen LogP contribution in [0.5, 0.6) is 0 Å². The number of piperidine rings is 1. The van der Waals surface area contributed by atoms with Gasteiger partial charge in [-0.15, -0.1) is 0 Å². The Labute approximate surface area is 242 Å². The molecule has 1 spiro atoms. The first-order valence-electron chi connectivity index (χ1n) is 15.1. The number of hydrogen-bond donors (Lipinski definition) is 0. The molecule has 2 aliphatic carbocycles. The maximum absolute atomic E-state index is 14.0. The van der Waals surface area contributed by atoms with Gasteiger partial charge in [-0.05, 0) is 106 Å². The van der Waals surface area contributed by atoms with Gasteiger partial charge in [-0.25, -0.2) is 0 Å². The Morgan fingerprint density at radius 1 is 0.762 bits per heavy atom. The molecular formula is C33H37F6NO2. The summed E-state index contributed by atoms with van der Waals surface area (Å²) in [7, 11) is 0. The zero-order valence-electron chi connectivity index (χ0n) is 23.6. The van der Waals surface area contributed by atoms with Gasteiger partial charge in [0, 0.05) is 29.9 Å². The number of benzene rings is 2. The van der Waals surface area contributed by atoms with Crippen molar-refractivity contribution >= 4 is 5.78 Å². The molecule has 4 fully saturated rings. The zero-order chi connectivity index (χ0) is 29.8. The van der Waals surface area contributed by atoms with Crippen molar-refractivity contribution in [2.45, 2.75) is 87.5 Å². The Kier molecular flexibility index (Phi) is 7.74. The molecule has 2 saturated carbocycles. The lowest BCUT2D eigenvalue weighted by atomic mass is 9.60. The van der Waals surface area contributed by atoms with Gasteiger partial charge >= 0.3 is 12.4 Å². The van der Waals surface area contributed by atoms with Crippen molar-refractivity contribution in [1.29, 1.82) is 0 Å². The van der Waals surface area contributed by atoms with Gasteiger partial charge in [0.25, 0.3) is 0 Å². The molecular weight excluding hydrogens is 556 g/mol. The molecule has 2 aromatic carbocycles. The first-order chi connectivity index (χ1) is 19.9. The lowest BCUT2D eigenvalue weighted by Crippen LogP contribution is -2.50. The van der Waals surface area contributed by atoms with E-state index in [2.05, 4.69) is 4.90 Å². The second-order valence-corrected chi connectivity index (χ2v) is 13.0. The minimum absolute atomic E-state index is 0.134. The number of hydrogen-bond acceptors (Lipinski definition) is 3. The van der Waals surface area contributed by atoms with E-state index in [0.717, 1.165) is 88.9 Å². The molecule has 0 radical (unpaired) electrons. The highest BCUT2D eigenvalue weighted by molar-refractivity contribution is 5.91. The topological polar surface area (TPSA) is 29.5 Å². The molecule has 6 rings (SSSR count). The van der Waals surface area contributed by atoms with E-state index >= 15 is 0 Å². The SMILES string of the molecule is O=C1C(c2cc(C(F)(F)F)cc(C(F)(F)F)c2)CCC1C1(c2ccccc2)CCC(N2CCC3(CCOC3)CC2)CC1. The molecule has 0 N–H and O–H groups in total. The van der Waals surface area contributed by atoms with Crippen molar-refractivity contribution in [3.8, 4) is 0 Å². The largest absolute Gasteiger partial charge is 0.416 e. The minimum atomic E-state index is -4.94. The first-order valence-corrected chi connectivity index (χ1v) is 15.1. The summed E-state index contributed by atoms with van der Waals surface area (Å²) in [6.45, 7) is 3.77. The number of nitrogens with zero attached hydrogens (tertiary/aromatic N) is 1. The summed E-state index contributed by atoms with van der Waals surface area (Å²) in [5.41, 5.74) is -2.03. The molecule has 3 nitrogen and oxygen atoms in total. The van der Waals surface area contributed by atoms with Gasteiger partial charge in [0.05, 0.1) is 17.7 Å². The van der Waals surface area contributed by atoms with E-state index in [1.165, 1.54) is 0 Å². The fourth-order valence-electron chi connectivity index (χ4n) is 8.42. The lowest BCUT2D eigenvalue weighted by Gasteiger charge is -2.49. The van der Waals surface area contributed by atoms with Crippen LogP contribution in [0.2, 0.25) is 0 Å². The van der Waals surface area contributed by atoms with E-state index in [4.69, 9.17) is 4.74 Å². The molecule has 2 atom stereocenters. The second kappa shape index (κ2) is 11.0. The van der Waals surface area contributed by atoms with E-state index in [0.29, 0.717) is 17.9 Å². The molecule has 228 valence electrons. The molecule has 2 aromatic rings. The van der Waals surface area contributed by atoms with Crippen molar-refractivity contribution in [2.75, 3.05) is 26.3 Å². The molecule has 0 bridgehead atoms. The maximum Gasteiger partial charge on any atom is 0.416 e. The molecule has 2 heterocycles. The van der Waals surface area contributed by atoms with E-state index in [1.54, 1.807) is 0 Å². The van der Waals surface area contributed by atoms with Gasteiger partial charge in [-0.1, -0.05) is 30.3 Å². The normalized spacial score (nSPS) is 30.7. The number of Topliss-reactive ketones (excluding diaryl/α,β-unsaturated/α-hetero) is 1. The summed E-state index contributed by atoms with van der Waals surface area (Å²) in [5.74, 6) is -1.66. The fourth-order valence-corrected chi connectivity index (χ4v) is 8.42. The van der Waals surface area contributed by atoms with Crippen LogP contribution in [0.25, 0.3) is 0 Å². The minimum Gasteiger partial charge on any atom is -0.381 e. The van der Waals surface area contributed by atoms with Crippen LogP contribution in [0.3, 0.4) is 0 Å². The standard InChI is InChI=1S/C33H37F6NO2/c34-32(35,36)24-18-22(19-25(20-24)33(37,38)39)27-6-7-28(29(27)41)31(23-4-2-1-3-5-23)10-8-26(9-11-31)40-15-12-30(13-16-40)14-17-42-21-30/h1-5,18-20,26-28H,6-17,21H2. The van der Waals surface area contributed by atoms with Crippen LogP contribution < -0.4 is 0 Å². The predicted octanol–water partition coefficient (Wildman–Crippen LogP) is 8.17. The molecule has 0 aromatic heterocycles. The van der Waals surface area contributed by atoms with Gasteiger partial charge in [0.1, 0.15) is 5.78 Å². The molecule has 2 saturated heterocycles. The van der Waals surface area contributed by atoms with Crippen LogP contribution in [0.4, 0.5) is 26.3 Å². The van der Waals surface area contributed by atoms with Crippen molar-refractivity contribution < 1.29 is 35.9 Å². The Bertz CT molecular complexity index is 1230. The van der Waals surface area contributed by atoms with Crippen molar-refractivity contribution in [2.24, 2.45) is 11.3 Å². The van der Waals surface area contributed by atoms with E-state index in [1.807, 2.05) is 30.3 Å². The summed E-state index contributed by atoms with van der Waals surface area (Å²) in [6.07, 6.45) is -2.44. The van der Waals surface area contributed by atoms with Gasteiger partial charge < -0.3 is 9.64 Å². The van der Waals surface area contributed by atoms with Crippen LogP contribution in [0.1, 0.15) is 86.0 Å². The van der Waals surface area contributed by atoms with Gasteiger partial charge in [-0.3, -0.25) is 4.79 Å². The zero-order valence-corrected chi connectivity index (χ0v) is 23.6. The molecule has 42 heavy (non-hydrogen) atoms. The monoisotopic (exact) mass is 593 g/mol. The molecule has 2 aliphatic heterocycles. The van der Waals surface area contributed by atoms with Gasteiger partial charge in [-0.2, -0.15) is 26.3 Å². The number of carbonyl (C=O) groups excluding carboxylic acids is 1. The summed E-state index contributed by atoms with van der Waals surface area (Å²) < 4.78 is 87.2. The Hall–Kier alpha value is -2.39. The highest BCUT2D eigenvalue weighted by Crippen LogP contribution is 2.54. The Morgan fingerprint density at radius 2 is 1.38 bits per heavy atom. The van der Waals surface area contributed by atoms with Gasteiger partial charge in [0.15, 0.2) is 0 Å². The van der Waals surface area contributed by atoms with Crippen LogP contribution >= 0.6 is 0 Å². The van der Waals surface area contributed by atoms with Crippen LogP contribution in [-0.4, -0.2) is 43.0 Å². The number of halogens is 6. The highest BCUT2D eigenvalue weighted by Gasteiger charge is 2.52. The predicted molar refractivity (Wildman–Crippen MR) is 146 cm³/mol. The number of rotatable bonds is 4. The Balaban J connectivity index is 1.24. The average molecular weight is 594 g/mol. The van der Waals surface area contributed by atoms with Crippen LogP contribution in [0.15, 0.2) is 48.5 Å². The molecule has 2 unspecified atom stereocenters. The van der Waals surface area contributed by atoms with Crippen molar-refractivity contribution in [3.63, 3.8) is 0 Å². The third kappa shape index (κ3) is 5.51. The fraction of sp³-hybridized carbons (Fsp3) is 0.606. The Morgan fingerprint density at radius 3 is 1.93 bits per heavy atom. The van der Waals surface area contributed by atoms with Crippen molar-refractivity contribution in [3.05, 3.63) is 70.8 Å². The van der Waals surface area contributed by atoms with E-state index < -0.39 is 40.7 Å². The van der Waals surface area contributed by atoms with E-state index in [9.17, 15) is 31.1 Å². The first kappa shape index (κ1) is 29.7. The maximum atomic E-state index is 14.0. The van der Waals surface area contributed by atoms with Gasteiger partial charge in [0.2, 0.25) is 0 Å². The molecule has 0 amide bonds. The molecule has 9 heteroatoms. The molecule has 4 aliphatic rings. The number of carbonyl (C=O) groups is 1.